The number of para-hydroxylation sites is 2. The van der Waals surface area contributed by atoms with Crippen molar-refractivity contribution in [1.82, 2.24) is 10.6 Å². The number of fused-ring (bicyclic) bond motifs is 1. The molecule has 120 valence electrons. The molecule has 0 spiro atoms. The van der Waals surface area contributed by atoms with E-state index in [-0.39, 0.29) is 12.5 Å². The Labute approximate surface area is 136 Å². The van der Waals surface area contributed by atoms with E-state index >= 15 is 0 Å². The highest BCUT2D eigenvalue weighted by Gasteiger charge is 2.10. The molecule has 0 aromatic heterocycles. The number of carbonyl (C=O) groups excluding carboxylic acids is 1. The molecule has 0 atom stereocenters. The third-order valence-electron chi connectivity index (χ3n) is 3.94. The lowest BCUT2D eigenvalue weighted by atomic mass is 10.1. The molecule has 1 heterocycles. The van der Waals surface area contributed by atoms with Crippen molar-refractivity contribution in [2.75, 3.05) is 19.0 Å². The Morgan fingerprint density at radius 3 is 2.87 bits per heavy atom. The summed E-state index contributed by atoms with van der Waals surface area (Å²) in [6, 6.07) is 13.9. The van der Waals surface area contributed by atoms with Gasteiger partial charge in [-0.1, -0.05) is 30.3 Å². The van der Waals surface area contributed by atoms with Crippen LogP contribution in [0.1, 0.15) is 16.7 Å². The summed E-state index contributed by atoms with van der Waals surface area (Å²) in [4.78, 5) is 12.0. The molecule has 5 nitrogen and oxygen atoms in total. The molecule has 0 bridgehead atoms. The van der Waals surface area contributed by atoms with Crippen LogP contribution < -0.4 is 20.7 Å². The van der Waals surface area contributed by atoms with E-state index < -0.39 is 0 Å². The van der Waals surface area contributed by atoms with Gasteiger partial charge in [0.2, 0.25) is 5.91 Å². The lowest BCUT2D eigenvalue weighted by molar-refractivity contribution is -0.119. The maximum Gasteiger partial charge on any atom is 0.239 e. The highest BCUT2D eigenvalue weighted by Crippen LogP contribution is 2.22. The number of carbonyl (C=O) groups is 1. The van der Waals surface area contributed by atoms with Gasteiger partial charge in [0.05, 0.1) is 19.3 Å². The van der Waals surface area contributed by atoms with Crippen molar-refractivity contribution in [3.8, 4) is 5.75 Å². The summed E-state index contributed by atoms with van der Waals surface area (Å²) >= 11 is 0. The van der Waals surface area contributed by atoms with Crippen LogP contribution in [0, 0.1) is 0 Å². The minimum Gasteiger partial charge on any atom is -0.495 e. The van der Waals surface area contributed by atoms with Crippen molar-refractivity contribution in [1.29, 1.82) is 0 Å². The Kier molecular flexibility index (Phi) is 4.78. The van der Waals surface area contributed by atoms with Crippen LogP contribution in [0.4, 0.5) is 5.69 Å². The topological polar surface area (TPSA) is 62.4 Å². The van der Waals surface area contributed by atoms with E-state index in [1.807, 2.05) is 24.3 Å². The molecule has 2 aromatic rings. The molecule has 0 aliphatic carbocycles. The number of amides is 1. The smallest absolute Gasteiger partial charge is 0.239 e. The summed E-state index contributed by atoms with van der Waals surface area (Å²) in [6.07, 6.45) is 0. The van der Waals surface area contributed by atoms with Crippen molar-refractivity contribution in [2.45, 2.75) is 19.6 Å². The number of rotatable bonds is 6. The van der Waals surface area contributed by atoms with Crippen molar-refractivity contribution < 1.29 is 9.53 Å². The normalized spacial score (nSPS) is 12.6. The summed E-state index contributed by atoms with van der Waals surface area (Å²) < 4.78 is 5.25. The average Bonchev–Trinajstić information content (AvgIpc) is 3.06. The maximum atomic E-state index is 12.0. The molecule has 3 rings (SSSR count). The Bertz CT molecular complexity index is 700. The molecule has 0 unspecified atom stereocenters. The molecule has 0 saturated heterocycles. The van der Waals surface area contributed by atoms with E-state index in [0.717, 1.165) is 30.1 Å². The first kappa shape index (κ1) is 15.4. The molecule has 1 amide bonds. The van der Waals surface area contributed by atoms with Gasteiger partial charge in [0.25, 0.3) is 0 Å². The van der Waals surface area contributed by atoms with E-state index in [4.69, 9.17) is 4.74 Å². The molecule has 3 N–H and O–H groups in total. The summed E-state index contributed by atoms with van der Waals surface area (Å²) in [5.41, 5.74) is 4.61. The van der Waals surface area contributed by atoms with Crippen molar-refractivity contribution >= 4 is 11.6 Å². The van der Waals surface area contributed by atoms with Crippen molar-refractivity contribution in [2.24, 2.45) is 0 Å². The van der Waals surface area contributed by atoms with Crippen LogP contribution in [0.3, 0.4) is 0 Å². The van der Waals surface area contributed by atoms with E-state index in [9.17, 15) is 4.79 Å². The van der Waals surface area contributed by atoms with Gasteiger partial charge in [0.1, 0.15) is 5.75 Å². The summed E-state index contributed by atoms with van der Waals surface area (Å²) in [7, 11) is 1.61. The average molecular weight is 311 g/mol. The monoisotopic (exact) mass is 311 g/mol. The molecular weight excluding hydrogens is 290 g/mol. The van der Waals surface area contributed by atoms with Gasteiger partial charge in [-0.2, -0.15) is 0 Å². The zero-order valence-electron chi connectivity index (χ0n) is 13.2. The number of benzene rings is 2. The minimum absolute atomic E-state index is 0.0467. The Morgan fingerprint density at radius 1 is 1.17 bits per heavy atom. The fourth-order valence-corrected chi connectivity index (χ4v) is 2.69. The molecule has 0 saturated carbocycles. The molecule has 1 aliphatic rings. The van der Waals surface area contributed by atoms with Crippen LogP contribution in [0.5, 0.6) is 5.75 Å². The van der Waals surface area contributed by atoms with Crippen LogP contribution in [-0.4, -0.2) is 19.6 Å². The first-order chi connectivity index (χ1) is 11.3. The van der Waals surface area contributed by atoms with E-state index in [2.05, 4.69) is 34.1 Å². The fourth-order valence-electron chi connectivity index (χ4n) is 2.69. The number of ether oxygens (including phenoxy) is 1. The van der Waals surface area contributed by atoms with Gasteiger partial charge < -0.3 is 20.7 Å². The second-order valence-corrected chi connectivity index (χ2v) is 5.54. The number of methoxy groups -OCH3 is 1. The van der Waals surface area contributed by atoms with Crippen LogP contribution in [0.15, 0.2) is 42.5 Å². The predicted octanol–water partition coefficient (Wildman–Crippen LogP) is 2.03. The SMILES string of the molecule is COc1ccccc1NCC(=O)NCc1ccc2c(c1)CNC2. The van der Waals surface area contributed by atoms with Crippen LogP contribution in [-0.2, 0) is 24.4 Å². The van der Waals surface area contributed by atoms with Crippen LogP contribution in [0.2, 0.25) is 0 Å². The van der Waals surface area contributed by atoms with Crippen molar-refractivity contribution in [3.05, 3.63) is 59.2 Å². The van der Waals surface area contributed by atoms with Gasteiger partial charge in [0.15, 0.2) is 0 Å². The molecule has 23 heavy (non-hydrogen) atoms. The van der Waals surface area contributed by atoms with E-state index in [0.29, 0.717) is 6.54 Å². The lowest BCUT2D eigenvalue weighted by Gasteiger charge is -2.11. The third-order valence-corrected chi connectivity index (χ3v) is 3.94. The number of hydrogen-bond donors (Lipinski definition) is 3. The predicted molar refractivity (Wildman–Crippen MR) is 90.3 cm³/mol. The Hall–Kier alpha value is -2.53. The number of anilines is 1. The molecule has 0 radical (unpaired) electrons. The summed E-state index contributed by atoms with van der Waals surface area (Å²) in [5.74, 6) is 0.681. The molecule has 1 aliphatic heterocycles. The molecular formula is C18H21N3O2. The second kappa shape index (κ2) is 7.15. The highest BCUT2D eigenvalue weighted by molar-refractivity contribution is 5.81. The highest BCUT2D eigenvalue weighted by atomic mass is 16.5. The Morgan fingerprint density at radius 2 is 2.00 bits per heavy atom. The zero-order chi connectivity index (χ0) is 16.1. The van der Waals surface area contributed by atoms with E-state index in [1.165, 1.54) is 11.1 Å². The zero-order valence-corrected chi connectivity index (χ0v) is 13.2. The van der Waals surface area contributed by atoms with Crippen molar-refractivity contribution in [3.63, 3.8) is 0 Å². The first-order valence-electron chi connectivity index (χ1n) is 7.71. The first-order valence-corrected chi connectivity index (χ1v) is 7.71. The third kappa shape index (κ3) is 3.81. The lowest BCUT2D eigenvalue weighted by Crippen LogP contribution is -2.29. The van der Waals surface area contributed by atoms with Gasteiger partial charge in [-0.25, -0.2) is 0 Å². The van der Waals surface area contributed by atoms with Gasteiger partial charge >= 0.3 is 0 Å². The molecule has 2 aromatic carbocycles. The second-order valence-electron chi connectivity index (χ2n) is 5.54. The number of hydrogen-bond acceptors (Lipinski definition) is 4. The largest absolute Gasteiger partial charge is 0.495 e. The molecule has 0 fully saturated rings. The standard InChI is InChI=1S/C18H21N3O2/c1-23-17-5-3-2-4-16(17)20-12-18(22)21-9-13-6-7-14-10-19-11-15(14)8-13/h2-8,19-20H,9-12H2,1H3,(H,21,22). The van der Waals surface area contributed by atoms with Crippen LogP contribution >= 0.6 is 0 Å². The van der Waals surface area contributed by atoms with Gasteiger partial charge in [-0.05, 0) is 28.8 Å². The van der Waals surface area contributed by atoms with Gasteiger partial charge in [-0.15, -0.1) is 0 Å². The summed E-state index contributed by atoms with van der Waals surface area (Å²) in [5, 5.41) is 9.35. The Balaban J connectivity index is 1.50. The van der Waals surface area contributed by atoms with Gasteiger partial charge in [0, 0.05) is 19.6 Å². The quantitative estimate of drug-likeness (QED) is 0.764. The maximum absolute atomic E-state index is 12.0. The summed E-state index contributed by atoms with van der Waals surface area (Å²) in [6.45, 7) is 2.60. The minimum atomic E-state index is -0.0467. The van der Waals surface area contributed by atoms with Gasteiger partial charge in [-0.3, -0.25) is 4.79 Å². The van der Waals surface area contributed by atoms with Crippen LogP contribution in [0.25, 0.3) is 0 Å². The number of nitrogens with one attached hydrogen (secondary N) is 3. The molecule has 5 heteroatoms. The fraction of sp³-hybridized carbons (Fsp3) is 0.278. The van der Waals surface area contributed by atoms with E-state index in [1.54, 1.807) is 7.11 Å².